The zero-order chi connectivity index (χ0) is 23.1. The summed E-state index contributed by atoms with van der Waals surface area (Å²) in [5.41, 5.74) is -3.22. The second-order valence-corrected chi connectivity index (χ2v) is 7.91. The maximum atomic E-state index is 14.6. The highest BCUT2D eigenvalue weighted by atomic mass is 32.1. The van der Waals surface area contributed by atoms with Crippen molar-refractivity contribution in [3.63, 3.8) is 0 Å². The van der Waals surface area contributed by atoms with Crippen molar-refractivity contribution in [2.75, 3.05) is 11.6 Å². The predicted molar refractivity (Wildman–Crippen MR) is 112 cm³/mol. The van der Waals surface area contributed by atoms with Crippen molar-refractivity contribution in [1.82, 2.24) is 4.98 Å². The number of carbonyl (C=O) groups is 1. The van der Waals surface area contributed by atoms with Crippen LogP contribution in [0.3, 0.4) is 0 Å². The molecule has 1 aliphatic rings. The van der Waals surface area contributed by atoms with E-state index in [2.05, 4.69) is 10.1 Å². The minimum Gasteiger partial charge on any atom is -0.461 e. The van der Waals surface area contributed by atoms with Crippen molar-refractivity contribution in [3.8, 4) is 0 Å². The van der Waals surface area contributed by atoms with Crippen LogP contribution in [0, 0.1) is 0 Å². The molecule has 2 heterocycles. The van der Waals surface area contributed by atoms with Crippen molar-refractivity contribution in [3.05, 3.63) is 59.1 Å². The number of carbonyl (C=O) groups excluding carboxylic acids is 1. The van der Waals surface area contributed by atoms with E-state index in [-0.39, 0.29) is 23.1 Å². The Bertz CT molecular complexity index is 1200. The molecule has 2 aromatic carbocycles. The smallest absolute Gasteiger partial charge is 0.357 e. The number of halogens is 4. The van der Waals surface area contributed by atoms with E-state index in [1.807, 2.05) is 12.1 Å². The van der Waals surface area contributed by atoms with Crippen molar-refractivity contribution < 1.29 is 32.2 Å². The predicted octanol–water partition coefficient (Wildman–Crippen LogP) is 4.68. The fourth-order valence-electron chi connectivity index (χ4n) is 3.37. The van der Waals surface area contributed by atoms with Crippen LogP contribution >= 0.6 is 11.3 Å². The first-order valence-corrected chi connectivity index (χ1v) is 10.4. The van der Waals surface area contributed by atoms with Crippen LogP contribution in [0.4, 0.5) is 22.7 Å². The third-order valence-electron chi connectivity index (χ3n) is 5.03. The summed E-state index contributed by atoms with van der Waals surface area (Å²) < 4.78 is 60.5. The van der Waals surface area contributed by atoms with Gasteiger partial charge in [0.15, 0.2) is 5.69 Å². The highest BCUT2D eigenvalue weighted by Crippen LogP contribution is 2.46. The van der Waals surface area contributed by atoms with Gasteiger partial charge in [-0.15, -0.1) is 11.3 Å². The third kappa shape index (κ3) is 3.61. The average Bonchev–Trinajstić information content (AvgIpc) is 3.39. The minimum atomic E-state index is -4.84. The van der Waals surface area contributed by atoms with Gasteiger partial charge in [0.1, 0.15) is 0 Å². The summed E-state index contributed by atoms with van der Waals surface area (Å²) in [7, 11) is 0. The molecule has 168 valence electrons. The van der Waals surface area contributed by atoms with Gasteiger partial charge in [-0.25, -0.2) is 18.6 Å². The fraction of sp³-hybridized carbons (Fsp3) is 0.286. The Hall–Kier alpha value is -3.05. The molecule has 3 aromatic rings. The lowest BCUT2D eigenvalue weighted by Gasteiger charge is -2.36. The number of thiazole rings is 1. The van der Waals surface area contributed by atoms with Gasteiger partial charge in [0, 0.05) is 11.8 Å². The third-order valence-corrected chi connectivity index (χ3v) is 5.85. The van der Waals surface area contributed by atoms with Crippen molar-refractivity contribution >= 4 is 38.9 Å². The summed E-state index contributed by atoms with van der Waals surface area (Å²) >= 11 is 0.700. The number of aromatic nitrogens is 1. The molecular weight excluding hydrogens is 450 g/mol. The number of benzene rings is 2. The molecule has 1 aromatic heterocycles. The number of aliphatic hydroxyl groups is 1. The van der Waals surface area contributed by atoms with Gasteiger partial charge < -0.3 is 9.84 Å². The molecule has 11 heteroatoms. The van der Waals surface area contributed by atoms with Gasteiger partial charge in [-0.1, -0.05) is 36.4 Å². The Morgan fingerprint density at radius 2 is 2.00 bits per heavy atom. The number of rotatable bonds is 6. The van der Waals surface area contributed by atoms with Crippen molar-refractivity contribution in [2.45, 2.75) is 31.4 Å². The average molecular weight is 467 g/mol. The maximum absolute atomic E-state index is 14.6. The molecule has 0 bridgehead atoms. The van der Waals surface area contributed by atoms with E-state index in [4.69, 9.17) is 4.74 Å². The summed E-state index contributed by atoms with van der Waals surface area (Å²) in [4.78, 5) is 15.8. The Labute approximate surface area is 183 Å². The van der Waals surface area contributed by atoms with E-state index < -0.39 is 30.5 Å². The van der Waals surface area contributed by atoms with Gasteiger partial charge in [0.25, 0.3) is 0 Å². The molecule has 1 aliphatic heterocycles. The topological polar surface area (TPSA) is 75.0 Å². The van der Waals surface area contributed by atoms with Crippen molar-refractivity contribution in [2.24, 2.45) is 5.10 Å². The van der Waals surface area contributed by atoms with Gasteiger partial charge in [-0.05, 0) is 29.3 Å². The SMILES string of the molecule is CCOC(=O)c1csc(N2N=C(c3ccc4ccccc4c3)CC2(O)C(F)(F)C(F)F)n1. The van der Waals surface area contributed by atoms with E-state index in [9.17, 15) is 27.5 Å². The number of nitrogens with zero attached hydrogens (tertiary/aromatic N) is 3. The highest BCUT2D eigenvalue weighted by molar-refractivity contribution is 7.14. The molecule has 0 saturated carbocycles. The molecule has 0 aliphatic carbocycles. The monoisotopic (exact) mass is 467 g/mol. The Kier molecular flexibility index (Phi) is 5.63. The number of anilines is 1. The van der Waals surface area contributed by atoms with Gasteiger partial charge in [-0.2, -0.15) is 18.9 Å². The normalized spacial score (nSPS) is 19.0. The second kappa shape index (κ2) is 8.14. The Balaban J connectivity index is 1.79. The van der Waals surface area contributed by atoms with Crippen molar-refractivity contribution in [1.29, 1.82) is 0 Å². The van der Waals surface area contributed by atoms with E-state index in [1.165, 1.54) is 5.38 Å². The molecule has 0 radical (unpaired) electrons. The number of hydrogen-bond donors (Lipinski definition) is 1. The summed E-state index contributed by atoms with van der Waals surface area (Å²) in [6.07, 6.45) is -5.04. The van der Waals surface area contributed by atoms with E-state index in [1.54, 1.807) is 37.3 Å². The molecule has 1 atom stereocenters. The molecule has 0 amide bonds. The fourth-order valence-corrected chi connectivity index (χ4v) is 4.18. The summed E-state index contributed by atoms with van der Waals surface area (Å²) in [5, 5.41) is 17.8. The number of hydrogen-bond acceptors (Lipinski definition) is 7. The van der Waals surface area contributed by atoms with E-state index in [0.29, 0.717) is 21.9 Å². The van der Waals surface area contributed by atoms with Crippen LogP contribution in [0.25, 0.3) is 10.8 Å². The molecule has 1 N–H and O–H groups in total. The minimum absolute atomic E-state index is 0.0218. The quantitative estimate of drug-likeness (QED) is 0.421. The van der Waals surface area contributed by atoms with Crippen LogP contribution in [0.15, 0.2) is 52.9 Å². The van der Waals surface area contributed by atoms with E-state index >= 15 is 0 Å². The zero-order valence-electron chi connectivity index (χ0n) is 16.6. The molecule has 6 nitrogen and oxygen atoms in total. The first-order valence-electron chi connectivity index (χ1n) is 9.55. The standard InChI is InChI=1S/C21H17F4N3O3S/c1-2-31-17(29)16-11-32-19(26-16)28-20(30,21(24,25)18(22)23)10-15(27-28)14-8-7-12-5-3-4-6-13(12)9-14/h3-9,11,18,30H,2,10H2,1H3. The first kappa shape index (κ1) is 22.2. The lowest BCUT2D eigenvalue weighted by atomic mass is 9.95. The number of esters is 1. The van der Waals surface area contributed by atoms with Crippen LogP contribution in [-0.4, -0.2) is 46.5 Å². The maximum Gasteiger partial charge on any atom is 0.357 e. The molecule has 0 saturated heterocycles. The number of alkyl halides is 4. The molecule has 0 spiro atoms. The summed E-state index contributed by atoms with van der Waals surface area (Å²) in [6, 6.07) is 12.3. The van der Waals surface area contributed by atoms with Crippen LogP contribution in [0.1, 0.15) is 29.4 Å². The van der Waals surface area contributed by atoms with Crippen LogP contribution in [-0.2, 0) is 4.74 Å². The molecule has 32 heavy (non-hydrogen) atoms. The second-order valence-electron chi connectivity index (χ2n) is 7.07. The molecule has 4 rings (SSSR count). The highest BCUT2D eigenvalue weighted by Gasteiger charge is 2.66. The number of hydrazone groups is 1. The lowest BCUT2D eigenvalue weighted by Crippen LogP contribution is -2.60. The Morgan fingerprint density at radius 3 is 2.69 bits per heavy atom. The number of fused-ring (bicyclic) bond motifs is 1. The van der Waals surface area contributed by atoms with Gasteiger partial charge in [0.05, 0.1) is 12.3 Å². The molecular formula is C21H17F4N3O3S. The van der Waals surface area contributed by atoms with Gasteiger partial charge in [-0.3, -0.25) is 0 Å². The summed E-state index contributed by atoms with van der Waals surface area (Å²) in [6.45, 7) is 1.64. The van der Waals surface area contributed by atoms with Gasteiger partial charge >= 0.3 is 18.3 Å². The van der Waals surface area contributed by atoms with Crippen LogP contribution in [0.2, 0.25) is 0 Å². The van der Waals surface area contributed by atoms with Crippen LogP contribution in [0.5, 0.6) is 0 Å². The number of ether oxygens (including phenoxy) is 1. The lowest BCUT2D eigenvalue weighted by molar-refractivity contribution is -0.237. The van der Waals surface area contributed by atoms with Gasteiger partial charge in [0.2, 0.25) is 10.9 Å². The van der Waals surface area contributed by atoms with E-state index in [0.717, 1.165) is 10.8 Å². The Morgan fingerprint density at radius 1 is 1.28 bits per heavy atom. The van der Waals surface area contributed by atoms with Crippen LogP contribution < -0.4 is 5.01 Å². The first-order chi connectivity index (χ1) is 15.2. The zero-order valence-corrected chi connectivity index (χ0v) is 17.5. The molecule has 1 unspecified atom stereocenters. The molecule has 0 fully saturated rings. The summed E-state index contributed by atoms with van der Waals surface area (Å²) in [5.74, 6) is -5.65. The largest absolute Gasteiger partial charge is 0.461 e.